The second-order valence-electron chi connectivity index (χ2n) is 22.8. The lowest BCUT2D eigenvalue weighted by molar-refractivity contribution is -0.870. The highest BCUT2D eigenvalue weighted by Gasteiger charge is 2.24. The average molecular weight is 1010 g/mol. The number of phosphoric acid groups is 1. The van der Waals surface area contributed by atoms with Crippen molar-refractivity contribution in [3.05, 3.63) is 12.2 Å². The fourth-order valence-corrected chi connectivity index (χ4v) is 10.4. The quantitative estimate of drug-likeness (QED) is 0.0272. The fourth-order valence-electron chi connectivity index (χ4n) is 9.63. The molecule has 0 bridgehead atoms. The standard InChI is InChI=1S/C61H123N2O6P/c1-6-8-10-12-14-16-18-20-22-23-24-25-26-27-28-29-30-31-32-33-34-35-36-37-38-39-41-43-45-47-49-51-53-55-61(65)62-59(58-69-70(66,67)68-57-56-63(3,4)5)60(64)54-52-50-48-46-44-42-40-21-19-17-15-13-11-9-7-2/h27-28,59-60,64H,6-26,29-58H2,1-5H3,(H-,62,65,66,67)/b28-27-. The number of nitrogens with one attached hydrogen (secondary N) is 1. The summed E-state index contributed by atoms with van der Waals surface area (Å²) in [5.74, 6) is -0.158. The summed E-state index contributed by atoms with van der Waals surface area (Å²) in [4.78, 5) is 25.5. The molecule has 0 aliphatic heterocycles. The second kappa shape index (κ2) is 53.1. The van der Waals surface area contributed by atoms with Crippen molar-refractivity contribution in [1.82, 2.24) is 5.32 Å². The summed E-state index contributed by atoms with van der Waals surface area (Å²) in [6.45, 7) is 4.77. The molecule has 0 radical (unpaired) electrons. The molecule has 0 saturated heterocycles. The molecule has 0 spiro atoms. The Hall–Kier alpha value is -0.760. The number of nitrogens with zero attached hydrogens (tertiary/aromatic N) is 1. The molecule has 70 heavy (non-hydrogen) atoms. The summed E-state index contributed by atoms with van der Waals surface area (Å²) in [6.07, 6.45) is 65.5. The molecule has 0 aromatic carbocycles. The lowest BCUT2D eigenvalue weighted by Gasteiger charge is -2.30. The Balaban J connectivity index is 3.96. The number of quaternary nitrogens is 1. The van der Waals surface area contributed by atoms with Gasteiger partial charge in [-0.25, -0.2) is 0 Å². The number of carbonyl (C=O) groups excluding carboxylic acids is 1. The Morgan fingerprint density at radius 2 is 0.786 bits per heavy atom. The second-order valence-corrected chi connectivity index (χ2v) is 24.2. The summed E-state index contributed by atoms with van der Waals surface area (Å²) < 4.78 is 23.4. The molecule has 0 aliphatic rings. The topological polar surface area (TPSA) is 108 Å². The van der Waals surface area contributed by atoms with Gasteiger partial charge in [0.15, 0.2) is 0 Å². The minimum absolute atomic E-state index is 0.0153. The van der Waals surface area contributed by atoms with Crippen LogP contribution in [0.2, 0.25) is 0 Å². The van der Waals surface area contributed by atoms with Gasteiger partial charge in [-0.1, -0.05) is 289 Å². The first-order chi connectivity index (χ1) is 34.0. The normalized spacial score (nSPS) is 13.9. The van der Waals surface area contributed by atoms with Gasteiger partial charge in [-0.3, -0.25) is 9.36 Å². The molecule has 3 atom stereocenters. The number of unbranched alkanes of at least 4 members (excludes halogenated alkanes) is 43. The number of aliphatic hydroxyl groups excluding tert-OH is 1. The van der Waals surface area contributed by atoms with Crippen molar-refractivity contribution in [1.29, 1.82) is 0 Å². The van der Waals surface area contributed by atoms with Crippen molar-refractivity contribution in [2.75, 3.05) is 40.9 Å². The summed E-state index contributed by atoms with van der Waals surface area (Å²) in [6, 6.07) is -0.797. The summed E-state index contributed by atoms with van der Waals surface area (Å²) in [5, 5.41) is 14.0. The average Bonchev–Trinajstić information content (AvgIpc) is 3.32. The predicted octanol–water partition coefficient (Wildman–Crippen LogP) is 18.4. The van der Waals surface area contributed by atoms with Gasteiger partial charge in [0.2, 0.25) is 5.91 Å². The first kappa shape index (κ1) is 69.2. The monoisotopic (exact) mass is 1010 g/mol. The predicted molar refractivity (Wildman–Crippen MR) is 302 cm³/mol. The van der Waals surface area contributed by atoms with Crippen molar-refractivity contribution < 1.29 is 32.9 Å². The van der Waals surface area contributed by atoms with Gasteiger partial charge in [0, 0.05) is 6.42 Å². The zero-order chi connectivity index (χ0) is 51.3. The largest absolute Gasteiger partial charge is 0.756 e. The molecule has 418 valence electrons. The van der Waals surface area contributed by atoms with Crippen LogP contribution in [-0.2, 0) is 18.4 Å². The number of likely N-dealkylation sites (N-methyl/N-ethyl adjacent to an activating group) is 1. The molecule has 9 heteroatoms. The Morgan fingerprint density at radius 3 is 1.11 bits per heavy atom. The van der Waals surface area contributed by atoms with Crippen LogP contribution in [0.4, 0.5) is 0 Å². The highest BCUT2D eigenvalue weighted by molar-refractivity contribution is 7.45. The Kier molecular flexibility index (Phi) is 52.5. The number of aliphatic hydroxyl groups is 1. The number of hydrogen-bond acceptors (Lipinski definition) is 6. The van der Waals surface area contributed by atoms with Crippen LogP contribution in [0.15, 0.2) is 12.2 Å². The van der Waals surface area contributed by atoms with Crippen molar-refractivity contribution in [2.45, 2.75) is 334 Å². The van der Waals surface area contributed by atoms with Crippen LogP contribution in [0.5, 0.6) is 0 Å². The van der Waals surface area contributed by atoms with Crippen LogP contribution in [0.3, 0.4) is 0 Å². The van der Waals surface area contributed by atoms with E-state index in [-0.39, 0.29) is 19.1 Å². The van der Waals surface area contributed by atoms with Crippen LogP contribution < -0.4 is 10.2 Å². The van der Waals surface area contributed by atoms with Crippen LogP contribution in [0.1, 0.15) is 322 Å². The van der Waals surface area contributed by atoms with E-state index in [1.54, 1.807) is 0 Å². The number of hydrogen-bond donors (Lipinski definition) is 2. The van der Waals surface area contributed by atoms with Gasteiger partial charge in [-0.2, -0.15) is 0 Å². The molecule has 1 amide bonds. The molecule has 2 N–H and O–H groups in total. The van der Waals surface area contributed by atoms with Gasteiger partial charge in [0.25, 0.3) is 7.82 Å². The first-order valence-corrected chi connectivity index (χ1v) is 32.5. The van der Waals surface area contributed by atoms with Gasteiger partial charge in [-0.05, 0) is 38.5 Å². The Morgan fingerprint density at radius 1 is 0.486 bits per heavy atom. The molecule has 0 aromatic heterocycles. The minimum atomic E-state index is -4.57. The molecule has 3 unspecified atom stereocenters. The third kappa shape index (κ3) is 55.0. The van der Waals surface area contributed by atoms with E-state index in [0.717, 1.165) is 38.5 Å². The molecule has 0 saturated carbocycles. The van der Waals surface area contributed by atoms with Crippen LogP contribution in [0, 0.1) is 0 Å². The molecule has 0 aliphatic carbocycles. The lowest BCUT2D eigenvalue weighted by atomic mass is 10.0. The van der Waals surface area contributed by atoms with Crippen LogP contribution in [-0.4, -0.2) is 68.5 Å². The highest BCUT2D eigenvalue weighted by atomic mass is 31.2. The van der Waals surface area contributed by atoms with Gasteiger partial charge in [0.1, 0.15) is 13.2 Å². The highest BCUT2D eigenvalue weighted by Crippen LogP contribution is 2.38. The third-order valence-electron chi connectivity index (χ3n) is 14.5. The summed E-state index contributed by atoms with van der Waals surface area (Å²) in [5.41, 5.74) is 0. The zero-order valence-corrected chi connectivity index (χ0v) is 48.6. The van der Waals surface area contributed by atoms with E-state index in [1.165, 1.54) is 257 Å². The number of rotatable bonds is 58. The number of amides is 1. The van der Waals surface area contributed by atoms with Crippen LogP contribution >= 0.6 is 7.82 Å². The van der Waals surface area contributed by atoms with Crippen LogP contribution in [0.25, 0.3) is 0 Å². The van der Waals surface area contributed by atoms with Crippen molar-refractivity contribution in [3.63, 3.8) is 0 Å². The van der Waals surface area contributed by atoms with E-state index in [1.807, 2.05) is 21.1 Å². The number of carbonyl (C=O) groups is 1. The fraction of sp³-hybridized carbons (Fsp3) is 0.951. The lowest BCUT2D eigenvalue weighted by Crippen LogP contribution is -2.46. The molecule has 0 fully saturated rings. The van der Waals surface area contributed by atoms with E-state index in [4.69, 9.17) is 9.05 Å². The van der Waals surface area contributed by atoms with E-state index < -0.39 is 20.0 Å². The van der Waals surface area contributed by atoms with E-state index in [9.17, 15) is 19.4 Å². The summed E-state index contributed by atoms with van der Waals surface area (Å²) in [7, 11) is 1.32. The summed E-state index contributed by atoms with van der Waals surface area (Å²) >= 11 is 0. The molecular formula is C61H123N2O6P. The molecular weight excluding hydrogens is 888 g/mol. The van der Waals surface area contributed by atoms with Gasteiger partial charge >= 0.3 is 0 Å². The number of allylic oxidation sites excluding steroid dienone is 2. The van der Waals surface area contributed by atoms with Gasteiger partial charge < -0.3 is 28.8 Å². The van der Waals surface area contributed by atoms with E-state index in [2.05, 4.69) is 31.3 Å². The Bertz CT molecular complexity index is 1150. The maximum absolute atomic E-state index is 13.0. The number of phosphoric ester groups is 1. The van der Waals surface area contributed by atoms with Crippen molar-refractivity contribution in [2.24, 2.45) is 0 Å². The molecule has 8 nitrogen and oxygen atoms in total. The molecule has 0 heterocycles. The van der Waals surface area contributed by atoms with Crippen molar-refractivity contribution >= 4 is 13.7 Å². The van der Waals surface area contributed by atoms with E-state index >= 15 is 0 Å². The maximum atomic E-state index is 13.0. The van der Waals surface area contributed by atoms with Gasteiger partial charge in [0.05, 0.1) is 39.9 Å². The smallest absolute Gasteiger partial charge is 0.268 e. The van der Waals surface area contributed by atoms with Crippen molar-refractivity contribution in [3.8, 4) is 0 Å². The minimum Gasteiger partial charge on any atom is -0.756 e. The molecule has 0 aromatic rings. The first-order valence-electron chi connectivity index (χ1n) is 31.0. The SMILES string of the molecule is CCCCCCCCCCCCCC/C=C\CCCCCCCCCCCCCCCCCCCC(=O)NC(COP(=O)([O-])OCC[N+](C)(C)C)C(O)CCCCCCCCCCCCCCCCC. The Labute approximate surface area is 437 Å². The zero-order valence-electron chi connectivity index (χ0n) is 47.8. The van der Waals surface area contributed by atoms with Gasteiger partial charge in [-0.15, -0.1) is 0 Å². The molecule has 0 rings (SSSR count). The third-order valence-corrected chi connectivity index (χ3v) is 15.5. The maximum Gasteiger partial charge on any atom is 0.268 e. The van der Waals surface area contributed by atoms with E-state index in [0.29, 0.717) is 23.9 Å².